The predicted octanol–water partition coefficient (Wildman–Crippen LogP) is 12.6. The zero-order valence-corrected chi connectivity index (χ0v) is 42.3. The molecule has 0 fully saturated rings. The molecule has 0 spiro atoms. The first-order valence-corrected chi connectivity index (χ1v) is 23.0. The number of hydrogen-bond donors (Lipinski definition) is 0. The average molecular weight is 875 g/mol. The van der Waals surface area contributed by atoms with Gasteiger partial charge in [-0.15, -0.1) is 0 Å². The summed E-state index contributed by atoms with van der Waals surface area (Å²) in [7, 11) is 0. The van der Waals surface area contributed by atoms with Crippen molar-refractivity contribution in [1.29, 1.82) is 0 Å². The Morgan fingerprint density at radius 1 is 0.452 bits per heavy atom. The minimum absolute atomic E-state index is 0.0543. The second kappa shape index (κ2) is 25.0. The number of benzene rings is 1. The van der Waals surface area contributed by atoms with Crippen molar-refractivity contribution in [3.05, 3.63) is 49.6 Å². The van der Waals surface area contributed by atoms with Gasteiger partial charge in [0.15, 0.2) is 0 Å². The number of esters is 2. The van der Waals surface area contributed by atoms with Crippen LogP contribution in [0.25, 0.3) is 0 Å². The lowest BCUT2D eigenvalue weighted by Crippen LogP contribution is -2.43. The van der Waals surface area contributed by atoms with Crippen LogP contribution < -0.4 is 9.47 Å². The topological polar surface area (TPSA) is 108 Å². The van der Waals surface area contributed by atoms with Crippen LogP contribution in [0.5, 0.6) is 11.5 Å². The van der Waals surface area contributed by atoms with Gasteiger partial charge in [0.25, 0.3) is 0 Å². The molecule has 10 heteroatoms. The Hall–Kier alpha value is -2.92. The second-order valence-electron chi connectivity index (χ2n) is 21.6. The van der Waals surface area contributed by atoms with Gasteiger partial charge in [0.05, 0.1) is 48.8 Å². The van der Waals surface area contributed by atoms with Crippen LogP contribution in [0.15, 0.2) is 49.6 Å². The Bertz CT molecular complexity index is 1390. The van der Waals surface area contributed by atoms with Crippen LogP contribution in [0.2, 0.25) is 0 Å². The minimum atomic E-state index is -0.613. The third kappa shape index (κ3) is 22.6. The number of ether oxygens (including phenoxy) is 8. The van der Waals surface area contributed by atoms with Gasteiger partial charge in [-0.2, -0.15) is 0 Å². The number of unbranched alkanes of at least 4 members (excludes halogenated alkanes) is 2. The highest BCUT2D eigenvalue weighted by Gasteiger charge is 2.39. The van der Waals surface area contributed by atoms with E-state index in [2.05, 4.69) is 96.2 Å². The Kier molecular flexibility index (Phi) is 23.0. The fraction of sp³-hybridized carbons (Fsp3) is 0.769. The summed E-state index contributed by atoms with van der Waals surface area (Å²) >= 11 is 0. The van der Waals surface area contributed by atoms with Gasteiger partial charge in [0, 0.05) is 57.1 Å². The van der Waals surface area contributed by atoms with Crippen LogP contribution in [-0.4, -0.2) is 85.2 Å². The summed E-state index contributed by atoms with van der Waals surface area (Å²) in [5.41, 5.74) is -2.66. The van der Waals surface area contributed by atoms with Crippen LogP contribution in [0.4, 0.5) is 0 Å². The lowest BCUT2D eigenvalue weighted by molar-refractivity contribution is -0.157. The fourth-order valence-electron chi connectivity index (χ4n) is 6.49. The number of rotatable bonds is 34. The zero-order chi connectivity index (χ0) is 47.5. The molecule has 1 rings (SSSR count). The van der Waals surface area contributed by atoms with Crippen molar-refractivity contribution < 1.29 is 47.5 Å². The van der Waals surface area contributed by atoms with Crippen molar-refractivity contribution in [2.45, 2.75) is 209 Å². The van der Waals surface area contributed by atoms with Gasteiger partial charge in [-0.05, 0) is 132 Å². The summed E-state index contributed by atoms with van der Waals surface area (Å²) in [6.07, 6.45) is 11.1. The van der Waals surface area contributed by atoms with Crippen LogP contribution >= 0.6 is 0 Å². The van der Waals surface area contributed by atoms with E-state index in [-0.39, 0.29) is 33.2 Å². The highest BCUT2D eigenvalue weighted by molar-refractivity contribution is 5.81. The molecule has 0 radical (unpaired) electrons. The molecule has 1 aromatic carbocycles. The van der Waals surface area contributed by atoms with Gasteiger partial charge in [0.1, 0.15) is 22.7 Å². The SMILES string of the molecule is C=CC(=O)OC(C)(C)CCOC(C)(C)C(C)(C)CCCCOC(C)(C)CCOc1cccc(OCCC(C)(C)OCCCCC(C)(C)C(C)(C)OCCC(C)(C)OC(=O)C=C)c1. The van der Waals surface area contributed by atoms with Gasteiger partial charge in [0.2, 0.25) is 0 Å². The average Bonchev–Trinajstić information content (AvgIpc) is 3.13. The molecule has 0 atom stereocenters. The van der Waals surface area contributed by atoms with Crippen molar-refractivity contribution in [2.24, 2.45) is 10.8 Å². The quantitative estimate of drug-likeness (QED) is 0.0377. The summed E-state index contributed by atoms with van der Waals surface area (Å²) in [6.45, 7) is 44.0. The summed E-state index contributed by atoms with van der Waals surface area (Å²) in [5.74, 6) is 0.715. The molecule has 0 saturated heterocycles. The van der Waals surface area contributed by atoms with E-state index >= 15 is 0 Å². The zero-order valence-electron chi connectivity index (χ0n) is 42.3. The van der Waals surface area contributed by atoms with Crippen molar-refractivity contribution in [3.8, 4) is 11.5 Å². The highest BCUT2D eigenvalue weighted by atomic mass is 16.6. The van der Waals surface area contributed by atoms with Gasteiger partial charge >= 0.3 is 11.9 Å². The molecule has 0 unspecified atom stereocenters. The Morgan fingerprint density at radius 2 is 0.790 bits per heavy atom. The molecule has 10 nitrogen and oxygen atoms in total. The summed E-state index contributed by atoms with van der Waals surface area (Å²) in [4.78, 5) is 23.3. The maximum atomic E-state index is 11.6. The molecule has 0 aromatic heterocycles. The molecular weight excluding hydrogens is 785 g/mol. The molecule has 0 heterocycles. The van der Waals surface area contributed by atoms with E-state index in [4.69, 9.17) is 37.9 Å². The normalized spacial score (nSPS) is 13.4. The van der Waals surface area contributed by atoms with E-state index in [0.717, 1.165) is 62.9 Å². The van der Waals surface area contributed by atoms with Crippen LogP contribution in [-0.2, 0) is 38.0 Å². The maximum Gasteiger partial charge on any atom is 0.330 e. The molecule has 1 aromatic rings. The Morgan fingerprint density at radius 3 is 1.13 bits per heavy atom. The predicted molar refractivity (Wildman–Crippen MR) is 252 cm³/mol. The van der Waals surface area contributed by atoms with Gasteiger partial charge in [-0.25, -0.2) is 9.59 Å². The van der Waals surface area contributed by atoms with Crippen molar-refractivity contribution in [2.75, 3.05) is 39.6 Å². The summed E-state index contributed by atoms with van der Waals surface area (Å²) in [6, 6.07) is 7.81. The lowest BCUT2D eigenvalue weighted by atomic mass is 9.73. The standard InChI is InChI=1S/C52H90O10/c1-19-43(53)61-49(11,12)32-38-59-51(15,16)45(3,4)28-21-23-34-57-47(7,8)30-36-55-41-26-25-27-42(40-41)56-37-31-48(9,10)58-35-24-22-29-46(5,6)52(17,18)60-39-33-50(13,14)62-44(54)20-2/h19-20,25-27,40H,1-2,21-24,28-39H2,3-18H3. The van der Waals surface area contributed by atoms with Crippen molar-refractivity contribution in [1.82, 2.24) is 0 Å². The smallest absolute Gasteiger partial charge is 0.330 e. The lowest BCUT2D eigenvalue weighted by Gasteiger charge is -2.42. The first-order chi connectivity index (χ1) is 28.4. The van der Waals surface area contributed by atoms with E-state index < -0.39 is 23.1 Å². The second-order valence-corrected chi connectivity index (χ2v) is 21.6. The van der Waals surface area contributed by atoms with Crippen LogP contribution in [0, 0.1) is 10.8 Å². The molecule has 0 bridgehead atoms. The fourth-order valence-corrected chi connectivity index (χ4v) is 6.49. The molecule has 62 heavy (non-hydrogen) atoms. The van der Waals surface area contributed by atoms with Gasteiger partial charge < -0.3 is 37.9 Å². The monoisotopic (exact) mass is 875 g/mol. The molecule has 0 saturated carbocycles. The van der Waals surface area contributed by atoms with Crippen molar-refractivity contribution in [3.63, 3.8) is 0 Å². The van der Waals surface area contributed by atoms with E-state index in [9.17, 15) is 9.59 Å². The van der Waals surface area contributed by atoms with Crippen molar-refractivity contribution >= 4 is 11.9 Å². The van der Waals surface area contributed by atoms with E-state index in [1.165, 1.54) is 12.2 Å². The molecule has 0 aliphatic rings. The minimum Gasteiger partial charge on any atom is -0.493 e. The van der Waals surface area contributed by atoms with Crippen LogP contribution in [0.1, 0.15) is 175 Å². The van der Waals surface area contributed by atoms with E-state index in [1.807, 2.05) is 52.0 Å². The first kappa shape index (κ1) is 57.1. The number of carbonyl (C=O) groups is 2. The Labute approximate surface area is 378 Å². The summed E-state index contributed by atoms with van der Waals surface area (Å²) in [5, 5.41) is 0. The van der Waals surface area contributed by atoms with Gasteiger partial charge in [-0.1, -0.05) is 59.8 Å². The number of hydrogen-bond acceptors (Lipinski definition) is 10. The first-order valence-electron chi connectivity index (χ1n) is 23.0. The van der Waals surface area contributed by atoms with Gasteiger partial charge in [-0.3, -0.25) is 0 Å². The third-order valence-electron chi connectivity index (χ3n) is 12.8. The largest absolute Gasteiger partial charge is 0.493 e. The van der Waals surface area contributed by atoms with E-state index in [0.29, 0.717) is 52.5 Å². The summed E-state index contributed by atoms with van der Waals surface area (Å²) < 4.78 is 48.5. The molecular formula is C52H90O10. The molecule has 0 aliphatic heterocycles. The maximum absolute atomic E-state index is 11.6. The number of carbonyl (C=O) groups excluding carboxylic acids is 2. The molecule has 0 aliphatic carbocycles. The van der Waals surface area contributed by atoms with E-state index in [1.54, 1.807) is 0 Å². The highest BCUT2D eigenvalue weighted by Crippen LogP contribution is 2.40. The molecule has 358 valence electrons. The molecule has 0 amide bonds. The van der Waals surface area contributed by atoms with Crippen LogP contribution in [0.3, 0.4) is 0 Å². The Balaban J connectivity index is 2.39. The molecule has 0 N–H and O–H groups in total. The third-order valence-corrected chi connectivity index (χ3v) is 12.8.